The number of nitrogens with zero attached hydrogens (tertiary/aromatic N) is 8. The van der Waals surface area contributed by atoms with Crippen molar-refractivity contribution in [3.63, 3.8) is 0 Å². The van der Waals surface area contributed by atoms with Gasteiger partial charge >= 0.3 is 6.01 Å². The molecule has 0 radical (unpaired) electrons. The summed E-state index contributed by atoms with van der Waals surface area (Å²) in [5.74, 6) is 0.589. The second kappa shape index (κ2) is 13.0. The minimum atomic E-state index is -0.921. The predicted molar refractivity (Wildman–Crippen MR) is 197 cm³/mol. The molecule has 0 unspecified atom stereocenters. The zero-order valence-corrected chi connectivity index (χ0v) is 30.3. The number of hydrogen-bond donors (Lipinski definition) is 0. The van der Waals surface area contributed by atoms with Gasteiger partial charge in [0.1, 0.15) is 29.8 Å². The summed E-state index contributed by atoms with van der Waals surface area (Å²) < 4.78 is 43.1. The van der Waals surface area contributed by atoms with Crippen molar-refractivity contribution in [2.75, 3.05) is 44.7 Å². The molecule has 1 amide bonds. The zero-order chi connectivity index (χ0) is 36.5. The summed E-state index contributed by atoms with van der Waals surface area (Å²) in [7, 11) is 1.87. The number of rotatable bonds is 9. The number of anilines is 1. The van der Waals surface area contributed by atoms with Gasteiger partial charge in [-0.25, -0.2) is 8.78 Å². The largest absolute Gasteiger partial charge is 0.461 e. The second-order valence-electron chi connectivity index (χ2n) is 15.2. The Balaban J connectivity index is 1.03. The van der Waals surface area contributed by atoms with Crippen LogP contribution in [0.3, 0.4) is 0 Å². The third-order valence-corrected chi connectivity index (χ3v) is 12.0. The van der Waals surface area contributed by atoms with Crippen LogP contribution in [0.4, 0.5) is 14.6 Å². The van der Waals surface area contributed by atoms with E-state index in [1.807, 2.05) is 36.2 Å². The van der Waals surface area contributed by atoms with Gasteiger partial charge in [0.25, 0.3) is 5.89 Å². The molecule has 3 atom stereocenters. The van der Waals surface area contributed by atoms with Crippen LogP contribution in [-0.4, -0.2) is 98.4 Å². The van der Waals surface area contributed by atoms with Gasteiger partial charge in [0.2, 0.25) is 5.91 Å². The maximum absolute atomic E-state index is 16.9. The Bertz CT molecular complexity index is 2280. The molecule has 4 fully saturated rings. The molecule has 1 saturated carbocycles. The Labute approximate surface area is 310 Å². The molecule has 1 aliphatic carbocycles. The molecule has 53 heavy (non-hydrogen) atoms. The molecule has 0 spiro atoms. The molecule has 6 heterocycles. The van der Waals surface area contributed by atoms with E-state index < -0.39 is 17.5 Å². The highest BCUT2D eigenvalue weighted by Crippen LogP contribution is 2.46. The maximum atomic E-state index is 16.9. The van der Waals surface area contributed by atoms with E-state index in [2.05, 4.69) is 31.9 Å². The Morgan fingerprint density at radius 3 is 2.79 bits per heavy atom. The van der Waals surface area contributed by atoms with Gasteiger partial charge < -0.3 is 19.1 Å². The summed E-state index contributed by atoms with van der Waals surface area (Å²) in [5.41, 5.74) is 0.227. The smallest absolute Gasteiger partial charge is 0.319 e. The maximum Gasteiger partial charge on any atom is 0.319 e. The normalized spacial score (nSPS) is 23.8. The molecule has 3 aromatic heterocycles. The lowest BCUT2D eigenvalue weighted by atomic mass is 9.95. The average molecular weight is 741 g/mol. The number of likely N-dealkylation sites (tertiary alicyclic amines) is 1. The SMILES string of the molecule is CN(c1nc(OC[C@@]23CCCN2C[C@H](F)C3)nc2c(F)c(-c3cccc4cccc(Cl)c34)ncc12)[C@@H]1CCN(C(=O)/C=C/c2nc(C3(C)CC3)no2)C1. The lowest BCUT2D eigenvalue weighted by molar-refractivity contribution is -0.124. The van der Waals surface area contributed by atoms with E-state index in [9.17, 15) is 9.18 Å². The Hall–Kier alpha value is -4.75. The zero-order valence-electron chi connectivity index (χ0n) is 29.6. The molecule has 0 bridgehead atoms. The lowest BCUT2D eigenvalue weighted by Gasteiger charge is -2.31. The number of hydrogen-bond acceptors (Lipinski definition) is 10. The molecule has 4 aliphatic rings. The highest BCUT2D eigenvalue weighted by Gasteiger charge is 2.49. The fraction of sp³-hybridized carbons (Fsp3) is 0.436. The van der Waals surface area contributed by atoms with E-state index in [4.69, 9.17) is 25.8 Å². The van der Waals surface area contributed by atoms with Crippen molar-refractivity contribution in [2.45, 2.75) is 68.6 Å². The average Bonchev–Trinajstić information content (AvgIpc) is 3.61. The fourth-order valence-corrected chi connectivity index (χ4v) is 8.60. The third-order valence-electron chi connectivity index (χ3n) is 11.7. The van der Waals surface area contributed by atoms with E-state index in [1.165, 1.54) is 6.08 Å². The quantitative estimate of drug-likeness (QED) is 0.150. The molecule has 5 aromatic rings. The van der Waals surface area contributed by atoms with Crippen molar-refractivity contribution in [3.8, 4) is 17.3 Å². The minimum Gasteiger partial charge on any atom is -0.461 e. The van der Waals surface area contributed by atoms with Gasteiger partial charge in [-0.3, -0.25) is 14.7 Å². The number of likely N-dealkylation sites (N-methyl/N-ethyl adjacent to an activating group) is 1. The predicted octanol–water partition coefficient (Wildman–Crippen LogP) is 6.78. The standard InChI is InChI=1S/C39H39ClF2N8O3/c1-38(14-15-38)36-44-29(53-47-36)10-11-30(51)49-17-12-25(21-49)48(2)35-27-19-43-33(26-8-3-6-23-7-4-9-28(40)31(23)26)32(42)34(27)45-37(46-35)52-22-39-13-5-16-50(39)20-24(41)18-39/h3-4,6-11,19,24-25H,5,12-18,20-22H2,1-2H3/b11-10+/t24-,25-,39+/m1/s1. The lowest BCUT2D eigenvalue weighted by Crippen LogP contribution is -2.43. The Kier molecular flexibility index (Phi) is 8.34. The molecule has 3 aliphatic heterocycles. The van der Waals surface area contributed by atoms with Gasteiger partial charge in [-0.2, -0.15) is 15.0 Å². The molecular formula is C39H39ClF2N8O3. The van der Waals surface area contributed by atoms with Crippen LogP contribution >= 0.6 is 11.6 Å². The molecular weight excluding hydrogens is 702 g/mol. The van der Waals surface area contributed by atoms with Crippen molar-refractivity contribution in [1.29, 1.82) is 0 Å². The van der Waals surface area contributed by atoms with E-state index in [-0.39, 0.29) is 41.2 Å². The summed E-state index contributed by atoms with van der Waals surface area (Å²) >= 11 is 6.63. The number of carbonyl (C=O) groups is 1. The fourth-order valence-electron chi connectivity index (χ4n) is 8.32. The number of carbonyl (C=O) groups excluding carboxylic acids is 1. The van der Waals surface area contributed by atoms with E-state index in [1.54, 1.807) is 29.3 Å². The molecule has 0 N–H and O–H groups in total. The summed E-state index contributed by atoms with van der Waals surface area (Å²) in [4.78, 5) is 37.6. The van der Waals surface area contributed by atoms with E-state index in [0.717, 1.165) is 37.6 Å². The van der Waals surface area contributed by atoms with Gasteiger partial charge in [-0.15, -0.1) is 0 Å². The van der Waals surface area contributed by atoms with Crippen LogP contribution in [0.1, 0.15) is 57.2 Å². The number of amides is 1. The highest BCUT2D eigenvalue weighted by molar-refractivity contribution is 6.36. The molecule has 274 valence electrons. The van der Waals surface area contributed by atoms with Crippen molar-refractivity contribution < 1.29 is 22.8 Å². The molecule has 3 saturated heterocycles. The van der Waals surface area contributed by atoms with Crippen molar-refractivity contribution in [2.24, 2.45) is 0 Å². The molecule has 9 rings (SSSR count). The molecule has 2 aromatic carbocycles. The topological polar surface area (TPSA) is 114 Å². The summed E-state index contributed by atoms with van der Waals surface area (Å²) in [6.45, 7) is 4.41. The van der Waals surface area contributed by atoms with Crippen LogP contribution in [0.25, 0.3) is 39.0 Å². The number of aromatic nitrogens is 5. The van der Waals surface area contributed by atoms with Crippen LogP contribution in [0, 0.1) is 5.82 Å². The van der Waals surface area contributed by atoms with Gasteiger partial charge in [0.05, 0.1) is 10.9 Å². The third kappa shape index (κ3) is 6.07. The molecule has 14 heteroatoms. The number of fused-ring (bicyclic) bond motifs is 3. The Morgan fingerprint density at radius 1 is 1.13 bits per heavy atom. The van der Waals surface area contributed by atoms with E-state index >= 15 is 4.39 Å². The van der Waals surface area contributed by atoms with Gasteiger partial charge in [0.15, 0.2) is 11.6 Å². The van der Waals surface area contributed by atoms with E-state index in [0.29, 0.717) is 71.4 Å². The van der Waals surface area contributed by atoms with Crippen LogP contribution in [0.5, 0.6) is 6.01 Å². The van der Waals surface area contributed by atoms with Crippen LogP contribution in [0.2, 0.25) is 5.02 Å². The summed E-state index contributed by atoms with van der Waals surface area (Å²) in [5, 5.41) is 6.51. The first-order valence-corrected chi connectivity index (χ1v) is 18.6. The monoisotopic (exact) mass is 740 g/mol. The number of alkyl halides is 1. The number of ether oxygens (including phenoxy) is 1. The minimum absolute atomic E-state index is 0.00253. The van der Waals surface area contributed by atoms with Gasteiger partial charge in [-0.1, -0.05) is 54.0 Å². The second-order valence-corrected chi connectivity index (χ2v) is 15.6. The number of halogens is 3. The number of pyridine rings is 1. The van der Waals surface area contributed by atoms with Crippen LogP contribution in [-0.2, 0) is 10.2 Å². The van der Waals surface area contributed by atoms with Crippen molar-refractivity contribution >= 4 is 51.1 Å². The first kappa shape index (κ1) is 34.0. The summed E-state index contributed by atoms with van der Waals surface area (Å²) in [6, 6.07) is 11.0. The first-order valence-electron chi connectivity index (χ1n) is 18.2. The number of benzene rings is 2. The van der Waals surface area contributed by atoms with Crippen LogP contribution in [0.15, 0.2) is 53.2 Å². The summed E-state index contributed by atoms with van der Waals surface area (Å²) in [6.07, 6.45) is 8.52. The van der Waals surface area contributed by atoms with Gasteiger partial charge in [-0.05, 0) is 50.1 Å². The highest BCUT2D eigenvalue weighted by atomic mass is 35.5. The first-order chi connectivity index (χ1) is 25.6. The van der Waals surface area contributed by atoms with Crippen LogP contribution < -0.4 is 9.64 Å². The Morgan fingerprint density at radius 2 is 1.96 bits per heavy atom. The van der Waals surface area contributed by atoms with Crippen molar-refractivity contribution in [3.05, 3.63) is 71.2 Å². The van der Waals surface area contributed by atoms with Crippen molar-refractivity contribution in [1.82, 2.24) is 34.9 Å². The van der Waals surface area contributed by atoms with Gasteiger partial charge in [0, 0.05) is 78.9 Å². The molecule has 11 nitrogen and oxygen atoms in total.